The minimum Gasteiger partial charge on any atom is -0.389 e. The van der Waals surface area contributed by atoms with Crippen LogP contribution in [0.5, 0.6) is 0 Å². The number of methoxy groups -OCH3 is 1. The first-order chi connectivity index (χ1) is 6.63. The maximum absolute atomic E-state index is 9.47. The zero-order valence-electron chi connectivity index (χ0n) is 8.30. The van der Waals surface area contributed by atoms with Gasteiger partial charge in [0.15, 0.2) is 0 Å². The Morgan fingerprint density at radius 3 is 3.00 bits per heavy atom. The highest BCUT2D eigenvalue weighted by Gasteiger charge is 2.10. The van der Waals surface area contributed by atoms with Gasteiger partial charge in [0.1, 0.15) is 10.8 Å². The lowest BCUT2D eigenvalue weighted by molar-refractivity contribution is 0.0696. The molecule has 5 nitrogen and oxygen atoms in total. The van der Waals surface area contributed by atoms with E-state index >= 15 is 0 Å². The number of nitrogens with two attached hydrogens (primary N) is 1. The Kier molecular flexibility index (Phi) is 4.12. The van der Waals surface area contributed by atoms with Gasteiger partial charge in [-0.2, -0.15) is 4.37 Å². The summed E-state index contributed by atoms with van der Waals surface area (Å²) in [5.41, 5.74) is 5.49. The van der Waals surface area contributed by atoms with Gasteiger partial charge in [0.05, 0.1) is 12.7 Å². The molecule has 0 aliphatic rings. The van der Waals surface area contributed by atoms with Crippen LogP contribution in [-0.4, -0.2) is 42.9 Å². The molecular formula is C8H15N3O2S. The molecule has 0 fully saturated rings. The molecule has 0 bridgehead atoms. The van der Waals surface area contributed by atoms with Crippen molar-refractivity contribution in [2.24, 2.45) is 0 Å². The van der Waals surface area contributed by atoms with Gasteiger partial charge in [0.2, 0.25) is 0 Å². The standard InChI is InChI=1S/C8H15N3O2S/c1-11(4-6(12)5-13-2)8-3-7(9)10-14-8/h3,6,12H,4-5H2,1-2H3,(H2,9,10). The van der Waals surface area contributed by atoms with Gasteiger partial charge in [-0.1, -0.05) is 0 Å². The van der Waals surface area contributed by atoms with Crippen LogP contribution in [0.1, 0.15) is 0 Å². The first kappa shape index (κ1) is 11.2. The summed E-state index contributed by atoms with van der Waals surface area (Å²) in [4.78, 5) is 1.90. The van der Waals surface area contributed by atoms with Crippen molar-refractivity contribution in [1.82, 2.24) is 4.37 Å². The summed E-state index contributed by atoms with van der Waals surface area (Å²) in [6.45, 7) is 0.841. The Morgan fingerprint density at radius 2 is 2.50 bits per heavy atom. The van der Waals surface area contributed by atoms with Gasteiger partial charge in [-0.3, -0.25) is 0 Å². The summed E-state index contributed by atoms with van der Waals surface area (Å²) in [7, 11) is 3.44. The van der Waals surface area contributed by atoms with Gasteiger partial charge >= 0.3 is 0 Å². The lowest BCUT2D eigenvalue weighted by Crippen LogP contribution is -2.31. The number of ether oxygens (including phenoxy) is 1. The van der Waals surface area contributed by atoms with Crippen LogP contribution >= 0.6 is 11.5 Å². The second-order valence-corrected chi connectivity index (χ2v) is 3.86. The van der Waals surface area contributed by atoms with E-state index < -0.39 is 6.10 Å². The lowest BCUT2D eigenvalue weighted by Gasteiger charge is -2.19. The fraction of sp³-hybridized carbons (Fsp3) is 0.625. The van der Waals surface area contributed by atoms with E-state index in [1.54, 1.807) is 13.2 Å². The largest absolute Gasteiger partial charge is 0.389 e. The molecule has 80 valence electrons. The van der Waals surface area contributed by atoms with Crippen LogP contribution in [-0.2, 0) is 4.74 Å². The molecule has 0 saturated carbocycles. The molecular weight excluding hydrogens is 202 g/mol. The number of likely N-dealkylation sites (N-methyl/N-ethyl adjacent to an activating group) is 1. The minimum absolute atomic E-state index is 0.332. The molecule has 1 rings (SSSR count). The second-order valence-electron chi connectivity index (χ2n) is 3.08. The van der Waals surface area contributed by atoms with Crippen LogP contribution < -0.4 is 10.6 Å². The number of aromatic nitrogens is 1. The van der Waals surface area contributed by atoms with Crippen LogP contribution in [0.25, 0.3) is 0 Å². The number of aliphatic hydroxyl groups is 1. The Bertz CT molecular complexity index is 279. The molecule has 6 heteroatoms. The Hall–Kier alpha value is -0.850. The van der Waals surface area contributed by atoms with Crippen molar-refractivity contribution in [3.05, 3.63) is 6.07 Å². The molecule has 0 aromatic carbocycles. The number of aliphatic hydroxyl groups excluding tert-OH is 1. The lowest BCUT2D eigenvalue weighted by atomic mass is 10.3. The second kappa shape index (κ2) is 5.14. The van der Waals surface area contributed by atoms with Crippen molar-refractivity contribution >= 4 is 22.4 Å². The fourth-order valence-corrected chi connectivity index (χ4v) is 1.75. The van der Waals surface area contributed by atoms with Crippen LogP contribution in [0, 0.1) is 0 Å². The van der Waals surface area contributed by atoms with Gasteiger partial charge in [-0.25, -0.2) is 0 Å². The predicted octanol–water partition coefficient (Wildman–Crippen LogP) is 0.169. The SMILES string of the molecule is COCC(O)CN(C)c1cc(N)ns1. The van der Waals surface area contributed by atoms with Gasteiger partial charge in [-0.05, 0) is 11.5 Å². The van der Waals surface area contributed by atoms with Crippen molar-refractivity contribution in [3.8, 4) is 0 Å². The van der Waals surface area contributed by atoms with E-state index in [1.165, 1.54) is 11.5 Å². The molecule has 1 unspecified atom stereocenters. The monoisotopic (exact) mass is 217 g/mol. The molecule has 0 amide bonds. The van der Waals surface area contributed by atoms with Gasteiger partial charge in [0, 0.05) is 26.8 Å². The highest BCUT2D eigenvalue weighted by molar-refractivity contribution is 7.10. The summed E-state index contributed by atoms with van der Waals surface area (Å²) < 4.78 is 8.79. The molecule has 0 spiro atoms. The van der Waals surface area contributed by atoms with Gasteiger partial charge in [-0.15, -0.1) is 0 Å². The van der Waals surface area contributed by atoms with Crippen molar-refractivity contribution in [3.63, 3.8) is 0 Å². The Morgan fingerprint density at radius 1 is 1.79 bits per heavy atom. The molecule has 0 aliphatic carbocycles. The Balaban J connectivity index is 2.45. The molecule has 0 radical (unpaired) electrons. The highest BCUT2D eigenvalue weighted by atomic mass is 32.1. The zero-order valence-corrected chi connectivity index (χ0v) is 9.12. The molecule has 1 aromatic rings. The third kappa shape index (κ3) is 3.13. The average molecular weight is 217 g/mol. The van der Waals surface area contributed by atoms with Crippen molar-refractivity contribution in [2.75, 3.05) is 37.9 Å². The molecule has 0 saturated heterocycles. The maximum Gasteiger partial charge on any atom is 0.139 e. The maximum atomic E-state index is 9.47. The number of hydrogen-bond donors (Lipinski definition) is 2. The molecule has 0 aliphatic heterocycles. The summed E-state index contributed by atoms with van der Waals surface area (Å²) in [5.74, 6) is 0.512. The zero-order chi connectivity index (χ0) is 10.6. The quantitative estimate of drug-likeness (QED) is 0.735. The number of anilines is 2. The summed E-state index contributed by atoms with van der Waals surface area (Å²) in [6.07, 6.45) is -0.492. The molecule has 1 aromatic heterocycles. The fourth-order valence-electron chi connectivity index (χ4n) is 1.11. The van der Waals surface area contributed by atoms with E-state index in [9.17, 15) is 5.11 Å². The van der Waals surface area contributed by atoms with Crippen LogP contribution in [0.15, 0.2) is 6.07 Å². The van der Waals surface area contributed by atoms with E-state index in [4.69, 9.17) is 10.5 Å². The number of nitrogens with zero attached hydrogens (tertiary/aromatic N) is 2. The van der Waals surface area contributed by atoms with E-state index in [0.717, 1.165) is 5.00 Å². The predicted molar refractivity (Wildman–Crippen MR) is 57.7 cm³/mol. The van der Waals surface area contributed by atoms with Crippen molar-refractivity contribution < 1.29 is 9.84 Å². The van der Waals surface area contributed by atoms with Crippen molar-refractivity contribution in [1.29, 1.82) is 0 Å². The number of rotatable bonds is 5. The third-order valence-corrected chi connectivity index (χ3v) is 2.65. The number of hydrogen-bond acceptors (Lipinski definition) is 6. The smallest absolute Gasteiger partial charge is 0.139 e. The van der Waals surface area contributed by atoms with Crippen LogP contribution in [0.4, 0.5) is 10.8 Å². The van der Waals surface area contributed by atoms with Crippen LogP contribution in [0.3, 0.4) is 0 Å². The van der Waals surface area contributed by atoms with Gasteiger partial charge < -0.3 is 20.5 Å². The topological polar surface area (TPSA) is 71.6 Å². The molecule has 3 N–H and O–H groups in total. The van der Waals surface area contributed by atoms with Gasteiger partial charge in [0.25, 0.3) is 0 Å². The van der Waals surface area contributed by atoms with Crippen LogP contribution in [0.2, 0.25) is 0 Å². The molecule has 1 atom stereocenters. The van der Waals surface area contributed by atoms with E-state index in [2.05, 4.69) is 4.37 Å². The molecule has 14 heavy (non-hydrogen) atoms. The minimum atomic E-state index is -0.492. The third-order valence-electron chi connectivity index (χ3n) is 1.74. The highest BCUT2D eigenvalue weighted by Crippen LogP contribution is 2.21. The van der Waals surface area contributed by atoms with Crippen molar-refractivity contribution in [2.45, 2.75) is 6.10 Å². The Labute approximate surface area is 87.3 Å². The summed E-state index contributed by atoms with van der Waals surface area (Å²) in [6, 6.07) is 1.78. The van der Waals surface area contributed by atoms with E-state index in [0.29, 0.717) is 19.0 Å². The first-order valence-electron chi connectivity index (χ1n) is 4.23. The normalized spacial score (nSPS) is 12.8. The first-order valence-corrected chi connectivity index (χ1v) is 5.01. The summed E-state index contributed by atoms with van der Waals surface area (Å²) in [5, 5.41) is 10.4. The average Bonchev–Trinajstić information content (AvgIpc) is 2.52. The van der Waals surface area contributed by atoms with E-state index in [1.807, 2.05) is 11.9 Å². The van der Waals surface area contributed by atoms with E-state index in [-0.39, 0.29) is 0 Å². The molecule has 1 heterocycles. The summed E-state index contributed by atoms with van der Waals surface area (Å²) >= 11 is 1.32. The number of nitrogen functional groups attached to an aromatic ring is 1.